The molecule has 9 heteroatoms. The van der Waals surface area contributed by atoms with Gasteiger partial charge in [-0.15, -0.1) is 0 Å². The van der Waals surface area contributed by atoms with Crippen molar-refractivity contribution >= 4 is 5.69 Å². The second kappa shape index (κ2) is 5.73. The fourth-order valence-corrected chi connectivity index (χ4v) is 1.81. The predicted molar refractivity (Wildman–Crippen MR) is 74.3 cm³/mol. The van der Waals surface area contributed by atoms with Crippen LogP contribution in [-0.4, -0.2) is 24.3 Å². The second-order valence-corrected chi connectivity index (χ2v) is 4.70. The molecular weight excluding hydrogens is 278 g/mol. The van der Waals surface area contributed by atoms with E-state index in [4.69, 9.17) is 0 Å². The van der Waals surface area contributed by atoms with Crippen LogP contribution in [0.1, 0.15) is 32.0 Å². The average Bonchev–Trinajstić information content (AvgIpc) is 2.89. The number of rotatable bonds is 5. The monoisotopic (exact) mass is 293 g/mol. The maximum absolute atomic E-state index is 11.7. The lowest BCUT2D eigenvalue weighted by molar-refractivity contribution is -0.386. The van der Waals surface area contributed by atoms with Crippen LogP contribution in [0.4, 0.5) is 5.69 Å². The number of nitrogens with one attached hydrogen (secondary N) is 1. The van der Waals surface area contributed by atoms with E-state index in [-0.39, 0.29) is 12.6 Å². The van der Waals surface area contributed by atoms with Crippen molar-refractivity contribution in [2.75, 3.05) is 0 Å². The van der Waals surface area contributed by atoms with Crippen molar-refractivity contribution in [1.29, 1.82) is 0 Å². The summed E-state index contributed by atoms with van der Waals surface area (Å²) in [6.45, 7) is 4.09. The van der Waals surface area contributed by atoms with E-state index in [1.54, 1.807) is 16.9 Å². The Morgan fingerprint density at radius 1 is 1.48 bits per heavy atom. The normalized spacial score (nSPS) is 12.3. The van der Waals surface area contributed by atoms with Crippen molar-refractivity contribution in [2.24, 2.45) is 0 Å². The first-order valence-corrected chi connectivity index (χ1v) is 6.44. The van der Waals surface area contributed by atoms with E-state index >= 15 is 0 Å². The molecule has 0 aliphatic carbocycles. The van der Waals surface area contributed by atoms with Crippen molar-refractivity contribution in [2.45, 2.75) is 32.9 Å². The molecule has 112 valence electrons. The molecule has 0 amide bonds. The third kappa shape index (κ3) is 3.07. The predicted octanol–water partition coefficient (Wildman–Crippen LogP) is 0.661. The molecule has 2 heterocycles. The minimum Gasteiger partial charge on any atom is -0.288 e. The van der Waals surface area contributed by atoms with Crippen molar-refractivity contribution in [3.05, 3.63) is 55.1 Å². The molecule has 1 unspecified atom stereocenters. The first-order chi connectivity index (χ1) is 9.92. The molecule has 0 aliphatic heterocycles. The molecule has 0 saturated heterocycles. The molecule has 0 aromatic carbocycles. The lowest BCUT2D eigenvalue weighted by Gasteiger charge is -2.08. The van der Waals surface area contributed by atoms with Crippen LogP contribution in [0.3, 0.4) is 0 Å². The Kier molecular flexibility index (Phi) is 4.01. The number of nitro groups is 1. The standard InChI is InChI=1S/C12H15N5O4/c1-3-8(2)16-5-4-9(14-16)6-15-7-10(17(20)21)11(18)13-12(15)19/h4-5,7-8H,3,6H2,1-2H3,(H,13,18,19). The van der Waals surface area contributed by atoms with Gasteiger partial charge >= 0.3 is 16.9 Å². The van der Waals surface area contributed by atoms with Gasteiger partial charge in [-0.2, -0.15) is 5.10 Å². The van der Waals surface area contributed by atoms with Crippen molar-refractivity contribution in [3.63, 3.8) is 0 Å². The number of hydrogen-bond acceptors (Lipinski definition) is 5. The van der Waals surface area contributed by atoms with Gasteiger partial charge in [0.15, 0.2) is 0 Å². The van der Waals surface area contributed by atoms with Crippen LogP contribution in [0, 0.1) is 10.1 Å². The molecule has 0 aliphatic rings. The molecule has 0 radical (unpaired) electrons. The maximum Gasteiger partial charge on any atom is 0.350 e. The van der Waals surface area contributed by atoms with E-state index < -0.39 is 21.9 Å². The van der Waals surface area contributed by atoms with Crippen LogP contribution in [0.5, 0.6) is 0 Å². The van der Waals surface area contributed by atoms with Crippen LogP contribution in [0.2, 0.25) is 0 Å². The highest BCUT2D eigenvalue weighted by atomic mass is 16.6. The maximum atomic E-state index is 11.7. The molecule has 2 aromatic rings. The summed E-state index contributed by atoms with van der Waals surface area (Å²) in [5, 5.41) is 15.0. The summed E-state index contributed by atoms with van der Waals surface area (Å²) < 4.78 is 2.82. The summed E-state index contributed by atoms with van der Waals surface area (Å²) in [6, 6.07) is 1.95. The molecular formula is C12H15N5O4. The van der Waals surface area contributed by atoms with Gasteiger partial charge in [0.25, 0.3) is 0 Å². The summed E-state index contributed by atoms with van der Waals surface area (Å²) in [4.78, 5) is 34.8. The third-order valence-electron chi connectivity index (χ3n) is 3.23. The van der Waals surface area contributed by atoms with Crippen LogP contribution in [0.15, 0.2) is 28.0 Å². The SMILES string of the molecule is CCC(C)n1ccc(Cn2cc([N+](=O)[O-])c(=O)[nH]c2=O)n1. The molecule has 0 bridgehead atoms. The number of aromatic nitrogens is 4. The average molecular weight is 293 g/mol. The highest BCUT2D eigenvalue weighted by Gasteiger charge is 2.15. The summed E-state index contributed by atoms with van der Waals surface area (Å²) >= 11 is 0. The molecule has 0 fully saturated rings. The molecule has 2 aromatic heterocycles. The minimum absolute atomic E-state index is 0.0554. The summed E-state index contributed by atoms with van der Waals surface area (Å²) in [5.41, 5.74) is -1.80. The minimum atomic E-state index is -1.01. The van der Waals surface area contributed by atoms with Crippen LogP contribution in [0.25, 0.3) is 0 Å². The van der Waals surface area contributed by atoms with Crippen LogP contribution >= 0.6 is 0 Å². The van der Waals surface area contributed by atoms with Crippen molar-refractivity contribution < 1.29 is 4.92 Å². The Hall–Kier alpha value is -2.71. The van der Waals surface area contributed by atoms with Gasteiger partial charge in [0.1, 0.15) is 0 Å². The molecule has 1 N–H and O–H groups in total. The fraction of sp³-hybridized carbons (Fsp3) is 0.417. The number of nitrogens with zero attached hydrogens (tertiary/aromatic N) is 4. The molecule has 1 atom stereocenters. The van der Waals surface area contributed by atoms with Gasteiger partial charge in [-0.25, -0.2) is 4.79 Å². The van der Waals surface area contributed by atoms with E-state index in [0.717, 1.165) is 17.2 Å². The van der Waals surface area contributed by atoms with Gasteiger partial charge in [-0.3, -0.25) is 29.1 Å². The molecule has 21 heavy (non-hydrogen) atoms. The smallest absolute Gasteiger partial charge is 0.288 e. The lowest BCUT2D eigenvalue weighted by atomic mass is 10.3. The zero-order valence-corrected chi connectivity index (χ0v) is 11.6. The molecule has 9 nitrogen and oxygen atoms in total. The number of aromatic amines is 1. The van der Waals surface area contributed by atoms with Gasteiger partial charge in [0.2, 0.25) is 0 Å². The molecule has 2 rings (SSSR count). The Labute approximate surface area is 119 Å². The Balaban J connectivity index is 2.33. The lowest BCUT2D eigenvalue weighted by Crippen LogP contribution is -2.31. The topological polar surface area (TPSA) is 116 Å². The highest BCUT2D eigenvalue weighted by Crippen LogP contribution is 2.10. The molecule has 0 spiro atoms. The third-order valence-corrected chi connectivity index (χ3v) is 3.23. The number of H-pyrrole nitrogens is 1. The van der Waals surface area contributed by atoms with E-state index in [9.17, 15) is 19.7 Å². The summed E-state index contributed by atoms with van der Waals surface area (Å²) in [5.74, 6) is 0. The van der Waals surface area contributed by atoms with Gasteiger partial charge < -0.3 is 0 Å². The van der Waals surface area contributed by atoms with Crippen molar-refractivity contribution in [1.82, 2.24) is 19.3 Å². The quantitative estimate of drug-likeness (QED) is 0.642. The van der Waals surface area contributed by atoms with Crippen molar-refractivity contribution in [3.8, 4) is 0 Å². The Morgan fingerprint density at radius 2 is 2.19 bits per heavy atom. The Bertz CT molecular complexity index is 772. The van der Waals surface area contributed by atoms with E-state index in [0.29, 0.717) is 5.69 Å². The van der Waals surface area contributed by atoms with Gasteiger partial charge in [-0.1, -0.05) is 6.92 Å². The summed E-state index contributed by atoms with van der Waals surface area (Å²) in [6.07, 6.45) is 3.63. The van der Waals surface area contributed by atoms with E-state index in [2.05, 4.69) is 5.10 Å². The first-order valence-electron chi connectivity index (χ1n) is 6.44. The fourth-order valence-electron chi connectivity index (χ4n) is 1.81. The van der Waals surface area contributed by atoms with E-state index in [1.807, 2.05) is 18.8 Å². The van der Waals surface area contributed by atoms with Crippen LogP contribution in [-0.2, 0) is 6.54 Å². The highest BCUT2D eigenvalue weighted by molar-refractivity contribution is 5.21. The number of hydrogen-bond donors (Lipinski definition) is 1. The van der Waals surface area contributed by atoms with Crippen LogP contribution < -0.4 is 11.2 Å². The summed E-state index contributed by atoms with van der Waals surface area (Å²) in [7, 11) is 0. The van der Waals surface area contributed by atoms with E-state index in [1.165, 1.54) is 0 Å². The van der Waals surface area contributed by atoms with Gasteiger partial charge in [0, 0.05) is 12.2 Å². The Morgan fingerprint density at radius 3 is 2.81 bits per heavy atom. The zero-order valence-electron chi connectivity index (χ0n) is 11.6. The zero-order chi connectivity index (χ0) is 15.6. The van der Waals surface area contributed by atoms with Gasteiger partial charge in [-0.05, 0) is 19.4 Å². The largest absolute Gasteiger partial charge is 0.350 e. The first kappa shape index (κ1) is 14.7. The molecule has 0 saturated carbocycles. The van der Waals surface area contributed by atoms with Gasteiger partial charge in [0.05, 0.1) is 23.4 Å². The second-order valence-electron chi connectivity index (χ2n) is 4.70.